The van der Waals surface area contributed by atoms with Crippen molar-refractivity contribution in [1.82, 2.24) is 49.7 Å². The fourth-order valence-corrected chi connectivity index (χ4v) is 6.92. The van der Waals surface area contributed by atoms with Crippen LogP contribution in [0.5, 0.6) is 0 Å². The number of ether oxygens (including phenoxy) is 2. The van der Waals surface area contributed by atoms with Gasteiger partial charge >= 0.3 is 11.9 Å². The van der Waals surface area contributed by atoms with E-state index in [0.717, 1.165) is 69.1 Å². The smallest absolute Gasteiger partial charge is 0.375 e. The van der Waals surface area contributed by atoms with Crippen molar-refractivity contribution in [2.45, 2.75) is 39.5 Å². The predicted octanol–water partition coefficient (Wildman–Crippen LogP) is 3.20. The molecule has 2 aliphatic rings. The molecule has 1 unspecified atom stereocenters. The second-order valence-electron chi connectivity index (χ2n) is 13.4. The number of rotatable bonds is 9. The molecule has 7 aromatic rings. The normalized spacial score (nSPS) is 13.4. The third kappa shape index (κ3) is 9.03. The summed E-state index contributed by atoms with van der Waals surface area (Å²) in [5.41, 5.74) is 9.58. The van der Waals surface area contributed by atoms with E-state index in [0.29, 0.717) is 24.4 Å². The van der Waals surface area contributed by atoms with Gasteiger partial charge in [-0.1, -0.05) is 12.1 Å². The second kappa shape index (κ2) is 19.4. The zero-order valence-corrected chi connectivity index (χ0v) is 33.2. The molecule has 7 N–H and O–H groups in total. The number of ketones is 2. The number of hydrazine groups is 1. The Morgan fingerprint density at radius 1 is 0.738 bits per heavy atom. The molecule has 0 aromatic carbocycles. The minimum Gasteiger partial charge on any atom is -0.461 e. The van der Waals surface area contributed by atoms with Crippen molar-refractivity contribution < 1.29 is 34.1 Å². The van der Waals surface area contributed by atoms with Crippen LogP contribution < -0.4 is 11.7 Å². The van der Waals surface area contributed by atoms with Gasteiger partial charge in [-0.05, 0) is 87.1 Å². The van der Waals surface area contributed by atoms with Crippen LogP contribution in [-0.2, 0) is 38.3 Å². The van der Waals surface area contributed by atoms with E-state index in [4.69, 9.17) is 14.5 Å². The van der Waals surface area contributed by atoms with Crippen molar-refractivity contribution in [3.05, 3.63) is 126 Å². The average Bonchev–Trinajstić information content (AvgIpc) is 4.09. The van der Waals surface area contributed by atoms with Crippen molar-refractivity contribution in [3.8, 4) is 45.3 Å². The number of fused-ring (bicyclic) bond motifs is 4. The van der Waals surface area contributed by atoms with Gasteiger partial charge in [-0.25, -0.2) is 28.9 Å². The number of hydrogen-bond donors (Lipinski definition) is 3. The molecule has 1 atom stereocenters. The lowest BCUT2D eigenvalue weighted by atomic mass is 9.83. The first-order valence-corrected chi connectivity index (χ1v) is 19.1. The van der Waals surface area contributed by atoms with Crippen LogP contribution in [0.1, 0.15) is 57.9 Å². The van der Waals surface area contributed by atoms with Crippen LogP contribution in [0.2, 0.25) is 0 Å². The number of Topliss-reactive ketones (excluding diaryl/α,β-unsaturated/α-hetero) is 2. The Balaban J connectivity index is 0.000000193. The molecule has 19 nitrogen and oxygen atoms in total. The van der Waals surface area contributed by atoms with Crippen LogP contribution in [0.4, 0.5) is 0 Å². The van der Waals surface area contributed by atoms with Crippen LogP contribution in [-0.4, -0.2) is 91.9 Å². The molecule has 0 saturated heterocycles. The molecular formula is C42H42N12O7. The van der Waals surface area contributed by atoms with Gasteiger partial charge in [-0.2, -0.15) is 15.3 Å². The van der Waals surface area contributed by atoms with Crippen LogP contribution >= 0.6 is 0 Å². The Morgan fingerprint density at radius 3 is 1.87 bits per heavy atom. The zero-order chi connectivity index (χ0) is 42.2. The van der Waals surface area contributed by atoms with E-state index in [2.05, 4.69) is 53.1 Å². The number of esters is 2. The number of carbonyl (C=O) groups is 4. The summed E-state index contributed by atoms with van der Waals surface area (Å²) in [5.74, 6) is 4.37. The van der Waals surface area contributed by atoms with Crippen molar-refractivity contribution in [2.75, 3.05) is 13.2 Å². The van der Waals surface area contributed by atoms with Gasteiger partial charge in [0.15, 0.2) is 5.78 Å². The first kappa shape index (κ1) is 43.0. The van der Waals surface area contributed by atoms with Gasteiger partial charge in [-0.3, -0.25) is 36.3 Å². The number of nitrogens with two attached hydrogens (primary N) is 2. The summed E-state index contributed by atoms with van der Waals surface area (Å²) < 4.78 is 13.3. The second-order valence-corrected chi connectivity index (χ2v) is 13.4. The Morgan fingerprint density at radius 2 is 1.31 bits per heavy atom. The molecule has 0 aliphatic heterocycles. The standard InChI is InChI=1S/C21H18N6O2.C21H18N4O4.H4N2.H2O/c1-2-29-21(28)20-16-7-5-13-6-8-17(24-18(13)19(16)25-26-20)14-10-23-27(12-14)15-4-3-9-22-11-15;1-2-29-21(28)20(27)16-7-5-13-6-8-17(24-18(13)19(16)26)14-10-23-25(12-14)15-4-3-9-22-11-15;1-2;/h3-4,6,8-12H,2,5,7H2,1H3,(H,25,26);3-4,6,8-12,16H,2,5,7H2,1H3;1-2H2;1H2. The van der Waals surface area contributed by atoms with Crippen LogP contribution in [0.3, 0.4) is 0 Å². The van der Waals surface area contributed by atoms with E-state index in [-0.39, 0.29) is 30.2 Å². The summed E-state index contributed by atoms with van der Waals surface area (Å²) in [6, 6.07) is 15.2. The van der Waals surface area contributed by atoms with Gasteiger partial charge in [0.25, 0.3) is 5.78 Å². The highest BCUT2D eigenvalue weighted by Gasteiger charge is 2.38. The maximum absolute atomic E-state index is 12.9. The highest BCUT2D eigenvalue weighted by molar-refractivity contribution is 6.39. The van der Waals surface area contributed by atoms with Gasteiger partial charge in [0, 0.05) is 41.5 Å². The number of aromatic amines is 1. The van der Waals surface area contributed by atoms with Crippen molar-refractivity contribution in [2.24, 2.45) is 17.6 Å². The van der Waals surface area contributed by atoms with Crippen molar-refractivity contribution in [3.63, 3.8) is 0 Å². The molecule has 61 heavy (non-hydrogen) atoms. The summed E-state index contributed by atoms with van der Waals surface area (Å²) in [5, 5.41) is 15.9. The van der Waals surface area contributed by atoms with E-state index in [1.807, 2.05) is 48.7 Å². The van der Waals surface area contributed by atoms with Gasteiger partial charge < -0.3 is 14.9 Å². The van der Waals surface area contributed by atoms with Crippen molar-refractivity contribution >= 4 is 23.5 Å². The number of H-pyrrole nitrogens is 1. The molecular weight excluding hydrogens is 785 g/mol. The average molecular weight is 827 g/mol. The predicted molar refractivity (Wildman–Crippen MR) is 220 cm³/mol. The Hall–Kier alpha value is -7.61. The number of aromatic nitrogens is 10. The molecule has 312 valence electrons. The topological polar surface area (TPSA) is 286 Å². The number of pyridine rings is 4. The van der Waals surface area contributed by atoms with Crippen LogP contribution in [0.15, 0.2) is 98.1 Å². The monoisotopic (exact) mass is 826 g/mol. The summed E-state index contributed by atoms with van der Waals surface area (Å²) >= 11 is 0. The largest absolute Gasteiger partial charge is 0.461 e. The maximum atomic E-state index is 12.9. The molecule has 0 radical (unpaired) electrons. The summed E-state index contributed by atoms with van der Waals surface area (Å²) in [6.07, 6.45) is 16.3. The fraction of sp³-hybridized carbons (Fsp3) is 0.214. The lowest BCUT2D eigenvalue weighted by Gasteiger charge is -2.21. The Kier molecular flexibility index (Phi) is 13.7. The third-order valence-electron chi connectivity index (χ3n) is 9.80. The van der Waals surface area contributed by atoms with E-state index in [1.165, 1.54) is 0 Å². The molecule has 7 heterocycles. The number of hydrogen-bond acceptors (Lipinski definition) is 15. The number of nitrogens with zero attached hydrogens (tertiary/aromatic N) is 9. The highest BCUT2D eigenvalue weighted by atomic mass is 16.5. The number of nitrogens with one attached hydrogen (secondary N) is 1. The van der Waals surface area contributed by atoms with E-state index in [9.17, 15) is 19.2 Å². The molecule has 0 fully saturated rings. The lowest BCUT2D eigenvalue weighted by molar-refractivity contribution is -0.154. The van der Waals surface area contributed by atoms with E-state index >= 15 is 0 Å². The highest BCUT2D eigenvalue weighted by Crippen LogP contribution is 2.34. The number of carbonyl (C=O) groups excluding carboxylic acids is 4. The Labute approximate surface area is 348 Å². The number of aryl methyl sites for hydroxylation is 2. The molecule has 9 rings (SSSR count). The minimum absolute atomic E-state index is 0. The molecule has 19 heteroatoms. The van der Waals surface area contributed by atoms with Gasteiger partial charge in [0.1, 0.15) is 17.1 Å². The molecule has 7 aromatic heterocycles. The zero-order valence-electron chi connectivity index (χ0n) is 33.2. The third-order valence-corrected chi connectivity index (χ3v) is 9.80. The Bertz CT molecular complexity index is 2660. The molecule has 0 bridgehead atoms. The first-order valence-electron chi connectivity index (χ1n) is 19.1. The summed E-state index contributed by atoms with van der Waals surface area (Å²) in [7, 11) is 0. The SMILES string of the molecule is CCOC(=O)C(=O)C1CCc2ccc(-c3cnn(-c4cccnc4)c3)nc2C1=O.CCOC(=O)c1[nH]nc2c1CCc1ccc(-c3cnn(-c4cccnc4)c3)nc1-2.NN.O. The minimum atomic E-state index is -1.04. The molecule has 0 saturated carbocycles. The van der Waals surface area contributed by atoms with Gasteiger partial charge in [-0.15, -0.1) is 0 Å². The maximum Gasteiger partial charge on any atom is 0.375 e. The van der Waals surface area contributed by atoms with Crippen molar-refractivity contribution in [1.29, 1.82) is 0 Å². The van der Waals surface area contributed by atoms with E-state index in [1.54, 1.807) is 66.6 Å². The van der Waals surface area contributed by atoms with Gasteiger partial charge in [0.2, 0.25) is 0 Å². The molecule has 2 aliphatic carbocycles. The van der Waals surface area contributed by atoms with Crippen LogP contribution in [0.25, 0.3) is 45.3 Å². The lowest BCUT2D eigenvalue weighted by Crippen LogP contribution is -2.35. The van der Waals surface area contributed by atoms with E-state index < -0.39 is 23.5 Å². The van der Waals surface area contributed by atoms with Gasteiger partial charge in [0.05, 0.1) is 72.4 Å². The quantitative estimate of drug-likeness (QED) is 0.0619. The first-order chi connectivity index (χ1) is 29.3. The molecule has 0 spiro atoms. The van der Waals surface area contributed by atoms with Crippen LogP contribution in [0, 0.1) is 5.92 Å². The molecule has 0 amide bonds. The fourth-order valence-electron chi connectivity index (χ4n) is 6.92. The summed E-state index contributed by atoms with van der Waals surface area (Å²) in [6.45, 7) is 3.82. The summed E-state index contributed by atoms with van der Waals surface area (Å²) in [4.78, 5) is 66.6.